The first-order chi connectivity index (χ1) is 7.78. The Morgan fingerprint density at radius 3 is 2.47 bits per heavy atom. The third kappa shape index (κ3) is 4.72. The van der Waals surface area contributed by atoms with Gasteiger partial charge in [-0.25, -0.2) is 9.59 Å². The van der Waals surface area contributed by atoms with Crippen molar-refractivity contribution in [3.63, 3.8) is 0 Å². The van der Waals surface area contributed by atoms with Crippen molar-refractivity contribution in [3.8, 4) is 0 Å². The minimum absolute atomic E-state index is 0.0175. The Labute approximate surface area is 97.2 Å². The normalized spacial score (nSPS) is 11.0. The Hall–Kier alpha value is -1.77. The maximum absolute atomic E-state index is 11.7. The predicted octanol–water partition coefficient (Wildman–Crippen LogP) is 2.13. The number of carboxylic acid groups (broad SMARTS) is 1. The number of carboxylic acids is 1. The number of urea groups is 1. The van der Waals surface area contributed by atoms with Crippen molar-refractivity contribution in [3.05, 3.63) is 17.0 Å². The van der Waals surface area contributed by atoms with Crippen LogP contribution < -0.4 is 10.6 Å². The standard InChI is InChI=1S/C8H7F3N2O3S/c9-8(10,11)3-12-7(16)13-5-2-1-4(17-5)6(14)15/h1-2H,3H2,(H,14,15)(H2,12,13,16). The molecule has 0 saturated carbocycles. The zero-order chi connectivity index (χ0) is 13.1. The van der Waals surface area contributed by atoms with Crippen LogP contribution in [0.1, 0.15) is 9.67 Å². The van der Waals surface area contributed by atoms with Gasteiger partial charge in [-0.05, 0) is 12.1 Å². The van der Waals surface area contributed by atoms with Gasteiger partial charge in [0, 0.05) is 0 Å². The minimum atomic E-state index is -4.49. The average molecular weight is 268 g/mol. The SMILES string of the molecule is O=C(NCC(F)(F)F)Nc1ccc(C(=O)O)s1. The second kappa shape index (κ2) is 5.04. The van der Waals surface area contributed by atoms with E-state index >= 15 is 0 Å². The van der Waals surface area contributed by atoms with Gasteiger partial charge in [-0.2, -0.15) is 13.2 Å². The molecule has 1 heterocycles. The van der Waals surface area contributed by atoms with Crippen LogP contribution >= 0.6 is 11.3 Å². The number of anilines is 1. The van der Waals surface area contributed by atoms with Crippen molar-refractivity contribution in [2.45, 2.75) is 6.18 Å². The molecule has 1 rings (SSSR count). The zero-order valence-electron chi connectivity index (χ0n) is 8.17. The van der Waals surface area contributed by atoms with E-state index in [0.717, 1.165) is 11.3 Å². The highest BCUT2D eigenvalue weighted by molar-refractivity contribution is 7.18. The van der Waals surface area contributed by atoms with E-state index in [-0.39, 0.29) is 9.88 Å². The highest BCUT2D eigenvalue weighted by atomic mass is 32.1. The fourth-order valence-corrected chi connectivity index (χ4v) is 1.60. The predicted molar refractivity (Wildman–Crippen MR) is 54.4 cm³/mol. The highest BCUT2D eigenvalue weighted by Crippen LogP contribution is 2.21. The summed E-state index contributed by atoms with van der Waals surface area (Å²) in [5.74, 6) is -1.17. The molecular weight excluding hydrogens is 261 g/mol. The fourth-order valence-electron chi connectivity index (χ4n) is 0.857. The van der Waals surface area contributed by atoms with Gasteiger partial charge in [0.25, 0.3) is 0 Å². The maximum Gasteiger partial charge on any atom is 0.405 e. The van der Waals surface area contributed by atoms with Crippen LogP contribution in [-0.4, -0.2) is 29.8 Å². The zero-order valence-corrected chi connectivity index (χ0v) is 8.98. The Bertz CT molecular complexity index is 430. The topological polar surface area (TPSA) is 78.4 Å². The van der Waals surface area contributed by atoms with Gasteiger partial charge in [-0.15, -0.1) is 11.3 Å². The van der Waals surface area contributed by atoms with Gasteiger partial charge >= 0.3 is 18.2 Å². The number of carbonyl (C=O) groups excluding carboxylic acids is 1. The molecule has 0 bridgehead atoms. The van der Waals surface area contributed by atoms with Crippen LogP contribution in [0.3, 0.4) is 0 Å². The summed E-state index contributed by atoms with van der Waals surface area (Å²) in [6, 6.07) is 1.49. The van der Waals surface area contributed by atoms with Gasteiger partial charge in [0.05, 0.1) is 5.00 Å². The molecule has 0 fully saturated rings. The first-order valence-electron chi connectivity index (χ1n) is 4.22. The molecule has 1 aromatic heterocycles. The summed E-state index contributed by atoms with van der Waals surface area (Å²) >= 11 is 0.750. The third-order valence-electron chi connectivity index (χ3n) is 1.50. The molecule has 5 nitrogen and oxygen atoms in total. The van der Waals surface area contributed by atoms with Crippen molar-refractivity contribution < 1.29 is 27.9 Å². The molecule has 0 aliphatic rings. The molecule has 0 saturated heterocycles. The molecule has 0 spiro atoms. The summed E-state index contributed by atoms with van der Waals surface area (Å²) in [6.45, 7) is -1.45. The largest absolute Gasteiger partial charge is 0.477 e. The molecule has 0 unspecified atom stereocenters. The summed E-state index contributed by atoms with van der Waals surface area (Å²) in [5, 5.41) is 12.4. The number of nitrogens with one attached hydrogen (secondary N) is 2. The number of aromatic carboxylic acids is 1. The van der Waals surface area contributed by atoms with Crippen LogP contribution in [0.4, 0.5) is 23.0 Å². The molecule has 0 atom stereocenters. The van der Waals surface area contributed by atoms with E-state index < -0.39 is 24.7 Å². The number of rotatable bonds is 3. The molecule has 1 aromatic rings. The number of hydrogen-bond donors (Lipinski definition) is 3. The molecule has 3 N–H and O–H groups in total. The summed E-state index contributed by atoms with van der Waals surface area (Å²) in [5.41, 5.74) is 0. The Morgan fingerprint density at radius 2 is 2.00 bits per heavy atom. The van der Waals surface area contributed by atoms with Crippen LogP contribution in [-0.2, 0) is 0 Å². The molecule has 0 aliphatic carbocycles. The van der Waals surface area contributed by atoms with Crippen LogP contribution in [0.5, 0.6) is 0 Å². The van der Waals surface area contributed by atoms with Gasteiger partial charge < -0.3 is 10.4 Å². The minimum Gasteiger partial charge on any atom is -0.477 e. The van der Waals surface area contributed by atoms with Gasteiger partial charge in [-0.3, -0.25) is 5.32 Å². The number of carbonyl (C=O) groups is 2. The monoisotopic (exact) mass is 268 g/mol. The van der Waals surface area contributed by atoms with E-state index in [0.29, 0.717) is 0 Å². The quantitative estimate of drug-likeness (QED) is 0.785. The van der Waals surface area contributed by atoms with E-state index in [1.807, 2.05) is 0 Å². The van der Waals surface area contributed by atoms with Crippen molar-refractivity contribution in [1.82, 2.24) is 5.32 Å². The Morgan fingerprint density at radius 1 is 1.35 bits per heavy atom. The highest BCUT2D eigenvalue weighted by Gasteiger charge is 2.27. The van der Waals surface area contributed by atoms with Crippen molar-refractivity contribution in [1.29, 1.82) is 0 Å². The number of thiophene rings is 1. The van der Waals surface area contributed by atoms with Crippen LogP contribution in [0.25, 0.3) is 0 Å². The molecular formula is C8H7F3N2O3S. The lowest BCUT2D eigenvalue weighted by molar-refractivity contribution is -0.122. The van der Waals surface area contributed by atoms with Gasteiger partial charge in [0.15, 0.2) is 0 Å². The Balaban J connectivity index is 2.48. The molecule has 94 valence electrons. The summed E-state index contributed by atoms with van der Waals surface area (Å²) in [6.07, 6.45) is -4.49. The van der Waals surface area contributed by atoms with E-state index in [1.165, 1.54) is 12.1 Å². The summed E-state index contributed by atoms with van der Waals surface area (Å²) < 4.78 is 35.2. The first-order valence-corrected chi connectivity index (χ1v) is 5.04. The number of alkyl halides is 3. The van der Waals surface area contributed by atoms with E-state index in [1.54, 1.807) is 5.32 Å². The molecule has 17 heavy (non-hydrogen) atoms. The second-order valence-corrected chi connectivity index (χ2v) is 3.98. The summed E-state index contributed by atoms with van der Waals surface area (Å²) in [4.78, 5) is 21.4. The smallest absolute Gasteiger partial charge is 0.405 e. The lowest BCUT2D eigenvalue weighted by atomic mass is 10.5. The van der Waals surface area contributed by atoms with Crippen molar-refractivity contribution in [2.75, 3.05) is 11.9 Å². The van der Waals surface area contributed by atoms with E-state index in [9.17, 15) is 22.8 Å². The lowest BCUT2D eigenvalue weighted by Crippen LogP contribution is -2.36. The molecule has 2 amide bonds. The van der Waals surface area contributed by atoms with Crippen LogP contribution in [0.15, 0.2) is 12.1 Å². The van der Waals surface area contributed by atoms with E-state index in [4.69, 9.17) is 5.11 Å². The lowest BCUT2D eigenvalue weighted by Gasteiger charge is -2.08. The molecule has 0 aromatic carbocycles. The Kier molecular flexibility index (Phi) is 3.94. The van der Waals surface area contributed by atoms with E-state index in [2.05, 4.69) is 5.32 Å². The number of halogens is 3. The molecule has 0 radical (unpaired) electrons. The maximum atomic E-state index is 11.7. The van der Waals surface area contributed by atoms with Crippen molar-refractivity contribution in [2.24, 2.45) is 0 Å². The fraction of sp³-hybridized carbons (Fsp3) is 0.250. The molecule has 0 aliphatic heterocycles. The third-order valence-corrected chi connectivity index (χ3v) is 2.49. The van der Waals surface area contributed by atoms with Gasteiger partial charge in [-0.1, -0.05) is 0 Å². The number of hydrogen-bond acceptors (Lipinski definition) is 3. The van der Waals surface area contributed by atoms with Crippen LogP contribution in [0.2, 0.25) is 0 Å². The van der Waals surface area contributed by atoms with Crippen molar-refractivity contribution >= 4 is 28.3 Å². The van der Waals surface area contributed by atoms with Gasteiger partial charge in [0.1, 0.15) is 11.4 Å². The number of amides is 2. The summed E-state index contributed by atoms with van der Waals surface area (Å²) in [7, 11) is 0. The average Bonchev–Trinajstić information content (AvgIpc) is 2.62. The molecule has 9 heteroatoms. The van der Waals surface area contributed by atoms with Gasteiger partial charge in [0.2, 0.25) is 0 Å². The second-order valence-electron chi connectivity index (χ2n) is 2.89. The van der Waals surface area contributed by atoms with Crippen LogP contribution in [0, 0.1) is 0 Å². The first kappa shape index (κ1) is 13.3.